The van der Waals surface area contributed by atoms with Gasteiger partial charge in [0.2, 0.25) is 0 Å². The van der Waals surface area contributed by atoms with E-state index >= 15 is 0 Å². The van der Waals surface area contributed by atoms with E-state index in [-0.39, 0.29) is 12.4 Å². The number of fused-ring (bicyclic) bond motifs is 2. The van der Waals surface area contributed by atoms with E-state index in [4.69, 9.17) is 0 Å². The molecule has 2 aromatic carbocycles. The molecule has 0 unspecified atom stereocenters. The lowest BCUT2D eigenvalue weighted by Gasteiger charge is -2.25. The van der Waals surface area contributed by atoms with Gasteiger partial charge in [0.05, 0.1) is 0 Å². The van der Waals surface area contributed by atoms with Gasteiger partial charge in [-0.15, -0.1) is 12.4 Å². The van der Waals surface area contributed by atoms with Gasteiger partial charge < -0.3 is 5.32 Å². The molecule has 116 valence electrons. The molecule has 0 atom stereocenters. The highest BCUT2D eigenvalue weighted by atomic mass is 35.5. The van der Waals surface area contributed by atoms with Crippen LogP contribution in [-0.2, 0) is 25.8 Å². The minimum atomic E-state index is 0. The van der Waals surface area contributed by atoms with Crippen molar-refractivity contribution < 1.29 is 0 Å². The van der Waals surface area contributed by atoms with Crippen LogP contribution in [0.25, 0.3) is 0 Å². The molecule has 4 rings (SSSR count). The van der Waals surface area contributed by atoms with Gasteiger partial charge >= 0.3 is 0 Å². The van der Waals surface area contributed by atoms with Gasteiger partial charge in [-0.05, 0) is 48.6 Å². The van der Waals surface area contributed by atoms with Crippen molar-refractivity contribution in [2.24, 2.45) is 0 Å². The van der Waals surface area contributed by atoms with Crippen LogP contribution in [0.5, 0.6) is 0 Å². The van der Waals surface area contributed by atoms with E-state index in [1.54, 1.807) is 0 Å². The highest BCUT2D eigenvalue weighted by molar-refractivity contribution is 5.85. The molecule has 1 aliphatic heterocycles. The summed E-state index contributed by atoms with van der Waals surface area (Å²) in [5, 5.41) is 3.56. The molecule has 0 bridgehead atoms. The largest absolute Gasteiger partial charge is 0.384 e. The molecule has 0 spiro atoms. The second kappa shape index (κ2) is 6.31. The van der Waals surface area contributed by atoms with Crippen LogP contribution < -0.4 is 5.32 Å². The summed E-state index contributed by atoms with van der Waals surface area (Å²) in [7, 11) is 2.27. The van der Waals surface area contributed by atoms with E-state index in [9.17, 15) is 0 Å². The van der Waals surface area contributed by atoms with Gasteiger partial charge in [0, 0.05) is 24.8 Å². The van der Waals surface area contributed by atoms with Crippen molar-refractivity contribution in [2.45, 2.75) is 31.8 Å². The lowest BCUT2D eigenvalue weighted by Crippen LogP contribution is -2.31. The third-order valence-electron chi connectivity index (χ3n) is 5.01. The molecular formula is C19H23ClN2. The van der Waals surface area contributed by atoms with Crippen LogP contribution in [0.15, 0.2) is 42.5 Å². The van der Waals surface area contributed by atoms with E-state index in [1.165, 1.54) is 47.2 Å². The Bertz CT molecular complexity index is 643. The van der Waals surface area contributed by atoms with Gasteiger partial charge in [-0.2, -0.15) is 0 Å². The number of para-hydroxylation sites is 1. The molecule has 0 aromatic heterocycles. The summed E-state index contributed by atoms with van der Waals surface area (Å²) >= 11 is 0. The van der Waals surface area contributed by atoms with Gasteiger partial charge in [-0.1, -0.05) is 42.5 Å². The minimum Gasteiger partial charge on any atom is -0.384 e. The second-order valence-electron chi connectivity index (χ2n) is 6.37. The van der Waals surface area contributed by atoms with E-state index < -0.39 is 0 Å². The van der Waals surface area contributed by atoms with Crippen LogP contribution in [0.2, 0.25) is 0 Å². The zero-order valence-corrected chi connectivity index (χ0v) is 13.8. The van der Waals surface area contributed by atoms with Crippen LogP contribution >= 0.6 is 12.4 Å². The minimum absolute atomic E-state index is 0. The van der Waals surface area contributed by atoms with Crippen molar-refractivity contribution in [3.8, 4) is 0 Å². The van der Waals surface area contributed by atoms with Crippen LogP contribution in [0.3, 0.4) is 0 Å². The fourth-order valence-electron chi connectivity index (χ4n) is 3.79. The zero-order chi connectivity index (χ0) is 14.2. The average Bonchev–Trinajstić information content (AvgIpc) is 3.14. The quantitative estimate of drug-likeness (QED) is 0.930. The van der Waals surface area contributed by atoms with E-state index in [1.807, 2.05) is 0 Å². The third-order valence-corrected chi connectivity index (χ3v) is 5.01. The molecule has 2 nitrogen and oxygen atoms in total. The predicted molar refractivity (Wildman–Crippen MR) is 95.0 cm³/mol. The normalized spacial score (nSPS) is 16.1. The third kappa shape index (κ3) is 2.73. The number of nitrogens with zero attached hydrogens (tertiary/aromatic N) is 1. The first-order valence-electron chi connectivity index (χ1n) is 7.93. The molecule has 2 aliphatic rings. The molecule has 0 saturated heterocycles. The Labute approximate surface area is 138 Å². The summed E-state index contributed by atoms with van der Waals surface area (Å²) in [6.45, 7) is 2.12. The summed E-state index contributed by atoms with van der Waals surface area (Å²) in [5.41, 5.74) is 7.38. The van der Waals surface area contributed by atoms with Gasteiger partial charge in [0.15, 0.2) is 0 Å². The van der Waals surface area contributed by atoms with Crippen molar-refractivity contribution in [2.75, 3.05) is 18.9 Å². The fraction of sp³-hybridized carbons (Fsp3) is 0.368. The summed E-state index contributed by atoms with van der Waals surface area (Å²) in [4.78, 5) is 2.52. The molecule has 0 amide bonds. The maximum atomic E-state index is 3.56. The van der Waals surface area contributed by atoms with Crippen molar-refractivity contribution >= 4 is 18.1 Å². The summed E-state index contributed by atoms with van der Waals surface area (Å²) in [6, 6.07) is 16.3. The lowest BCUT2D eigenvalue weighted by molar-refractivity contribution is 0.241. The molecule has 22 heavy (non-hydrogen) atoms. The first-order valence-corrected chi connectivity index (χ1v) is 7.93. The van der Waals surface area contributed by atoms with Gasteiger partial charge in [0.25, 0.3) is 0 Å². The number of halogens is 1. The highest BCUT2D eigenvalue weighted by Gasteiger charge is 2.25. The molecule has 1 heterocycles. The fourth-order valence-corrected chi connectivity index (χ4v) is 3.79. The van der Waals surface area contributed by atoms with Crippen molar-refractivity contribution in [3.63, 3.8) is 0 Å². The topological polar surface area (TPSA) is 15.3 Å². The Kier molecular flexibility index (Phi) is 4.42. The molecule has 0 saturated carbocycles. The van der Waals surface area contributed by atoms with Crippen molar-refractivity contribution in [1.29, 1.82) is 0 Å². The maximum Gasteiger partial charge on any atom is 0.0419 e. The molecule has 0 radical (unpaired) electrons. The van der Waals surface area contributed by atoms with Crippen LogP contribution in [0.1, 0.15) is 22.3 Å². The highest BCUT2D eigenvalue weighted by Crippen LogP contribution is 2.30. The molecule has 1 N–H and O–H groups in total. The summed E-state index contributed by atoms with van der Waals surface area (Å²) in [5.74, 6) is 0. The van der Waals surface area contributed by atoms with Gasteiger partial charge in [0.1, 0.15) is 0 Å². The number of hydrogen-bond donors (Lipinski definition) is 1. The van der Waals surface area contributed by atoms with Crippen molar-refractivity contribution in [1.82, 2.24) is 4.90 Å². The number of rotatable bonds is 3. The molecular weight excluding hydrogens is 292 g/mol. The summed E-state index contributed by atoms with van der Waals surface area (Å²) < 4.78 is 0. The van der Waals surface area contributed by atoms with Crippen LogP contribution in [0.4, 0.5) is 5.69 Å². The summed E-state index contributed by atoms with van der Waals surface area (Å²) in [6.07, 6.45) is 3.55. The Morgan fingerprint density at radius 3 is 2.41 bits per heavy atom. The Hall–Kier alpha value is -1.51. The number of benzene rings is 2. The first kappa shape index (κ1) is 15.4. The number of hydrogen-bond acceptors (Lipinski definition) is 2. The van der Waals surface area contributed by atoms with E-state index in [0.717, 1.165) is 13.1 Å². The zero-order valence-electron chi connectivity index (χ0n) is 13.0. The molecule has 1 aliphatic carbocycles. The lowest BCUT2D eigenvalue weighted by atomic mass is 10.1. The Morgan fingerprint density at radius 2 is 1.68 bits per heavy atom. The monoisotopic (exact) mass is 314 g/mol. The first-order chi connectivity index (χ1) is 10.3. The Balaban J connectivity index is 0.00000144. The average molecular weight is 315 g/mol. The molecule has 0 fully saturated rings. The number of nitrogens with one attached hydrogen (secondary N) is 1. The molecule has 3 heteroatoms. The smallest absolute Gasteiger partial charge is 0.0419 e. The van der Waals surface area contributed by atoms with Crippen LogP contribution in [0, 0.1) is 0 Å². The van der Waals surface area contributed by atoms with Gasteiger partial charge in [-0.3, -0.25) is 4.90 Å². The molecule has 2 aromatic rings. The maximum absolute atomic E-state index is 3.56. The van der Waals surface area contributed by atoms with E-state index in [0.29, 0.717) is 6.04 Å². The van der Waals surface area contributed by atoms with E-state index in [2.05, 4.69) is 59.7 Å². The number of likely N-dealkylation sites (N-methyl/N-ethyl adjacent to an activating group) is 1. The number of anilines is 1. The Morgan fingerprint density at radius 1 is 1.00 bits per heavy atom. The SMILES string of the molecule is CN(Cc1cccc2c1NCC2)C1Cc2ccccc2C1.Cl. The van der Waals surface area contributed by atoms with Crippen LogP contribution in [-0.4, -0.2) is 24.5 Å². The van der Waals surface area contributed by atoms with Crippen molar-refractivity contribution in [3.05, 3.63) is 64.7 Å². The predicted octanol–water partition coefficient (Wildman–Crippen LogP) is 3.68. The van der Waals surface area contributed by atoms with Gasteiger partial charge in [-0.25, -0.2) is 0 Å². The second-order valence-corrected chi connectivity index (χ2v) is 6.37. The standard InChI is InChI=1S/C19H22N2.ClH/c1-21(18-11-15-5-2-3-6-16(15)12-18)13-17-8-4-7-14-9-10-20-19(14)17;/h2-8,18,20H,9-13H2,1H3;1H.